The molecule has 0 aromatic carbocycles. The Morgan fingerprint density at radius 3 is 2.71 bits per heavy atom. The van der Waals surface area contributed by atoms with Crippen molar-refractivity contribution in [3.05, 3.63) is 11.1 Å². The second kappa shape index (κ2) is 6.10. The average molecular weight is 321 g/mol. The van der Waals surface area contributed by atoms with Crippen LogP contribution in [0.15, 0.2) is 5.38 Å². The van der Waals surface area contributed by atoms with E-state index in [1.165, 1.54) is 0 Å². The summed E-state index contributed by atoms with van der Waals surface area (Å²) in [6.45, 7) is 4.94. The fourth-order valence-electron chi connectivity index (χ4n) is 2.89. The lowest BCUT2D eigenvalue weighted by Crippen LogP contribution is -2.45. The molecule has 1 aromatic heterocycles. The maximum atomic E-state index is 12.7. The van der Waals surface area contributed by atoms with Gasteiger partial charge in [-0.1, -0.05) is 0 Å². The highest BCUT2D eigenvalue weighted by Gasteiger charge is 2.36. The lowest BCUT2D eigenvalue weighted by molar-refractivity contribution is -0.140. The number of rotatable bonds is 3. The van der Waals surface area contributed by atoms with E-state index in [9.17, 15) is 13.2 Å². The van der Waals surface area contributed by atoms with Crippen molar-refractivity contribution < 1.29 is 17.9 Å². The average Bonchev–Trinajstić information content (AvgIpc) is 3.07. The molecule has 118 valence electrons. The predicted molar refractivity (Wildman–Crippen MR) is 74.7 cm³/mol. The molecule has 8 heteroatoms. The number of anilines is 1. The quantitative estimate of drug-likeness (QED) is 0.855. The van der Waals surface area contributed by atoms with Gasteiger partial charge in [0.2, 0.25) is 0 Å². The number of hydrogen-bond acceptors (Lipinski definition) is 5. The molecule has 2 saturated heterocycles. The summed E-state index contributed by atoms with van der Waals surface area (Å²) in [4.78, 5) is 8.14. The Hall–Kier alpha value is -0.860. The molecule has 3 rings (SSSR count). The van der Waals surface area contributed by atoms with E-state index >= 15 is 0 Å². The molecule has 2 fully saturated rings. The first-order valence-corrected chi connectivity index (χ1v) is 8.01. The molecular weight excluding hydrogens is 303 g/mol. The van der Waals surface area contributed by atoms with Crippen LogP contribution in [0.25, 0.3) is 0 Å². The molecule has 21 heavy (non-hydrogen) atoms. The van der Waals surface area contributed by atoms with Gasteiger partial charge in [-0.2, -0.15) is 13.2 Å². The normalized spacial score (nSPS) is 24.7. The zero-order valence-electron chi connectivity index (χ0n) is 11.6. The first kappa shape index (κ1) is 15.1. The van der Waals surface area contributed by atoms with Crippen molar-refractivity contribution in [1.29, 1.82) is 0 Å². The van der Waals surface area contributed by atoms with Crippen LogP contribution in [-0.2, 0) is 10.9 Å². The predicted octanol–water partition coefficient (Wildman–Crippen LogP) is 2.46. The molecule has 0 aliphatic carbocycles. The number of aromatic nitrogens is 1. The number of nitrogens with zero attached hydrogens (tertiary/aromatic N) is 3. The van der Waals surface area contributed by atoms with Crippen LogP contribution in [0.1, 0.15) is 18.5 Å². The van der Waals surface area contributed by atoms with Crippen LogP contribution in [0.2, 0.25) is 0 Å². The van der Waals surface area contributed by atoms with Crippen LogP contribution < -0.4 is 4.90 Å². The SMILES string of the molecule is FC(F)(F)c1csc(N2CCC[C@H]2CN2CCOCC2)n1. The van der Waals surface area contributed by atoms with Crippen molar-refractivity contribution in [2.45, 2.75) is 25.1 Å². The van der Waals surface area contributed by atoms with E-state index in [2.05, 4.69) is 9.88 Å². The Kier molecular flexibility index (Phi) is 4.37. The summed E-state index contributed by atoms with van der Waals surface area (Å²) in [5, 5.41) is 1.61. The topological polar surface area (TPSA) is 28.6 Å². The van der Waals surface area contributed by atoms with Gasteiger partial charge in [-0.25, -0.2) is 4.98 Å². The van der Waals surface area contributed by atoms with E-state index in [0.717, 1.165) is 69.0 Å². The third-order valence-corrected chi connectivity index (χ3v) is 4.86. The maximum absolute atomic E-state index is 12.7. The molecule has 3 heterocycles. The van der Waals surface area contributed by atoms with Crippen LogP contribution in [0, 0.1) is 0 Å². The van der Waals surface area contributed by atoms with Crippen molar-refractivity contribution in [1.82, 2.24) is 9.88 Å². The number of ether oxygens (including phenoxy) is 1. The van der Waals surface area contributed by atoms with Crippen molar-refractivity contribution >= 4 is 16.5 Å². The summed E-state index contributed by atoms with van der Waals surface area (Å²) in [6.07, 6.45) is -2.33. The highest BCUT2D eigenvalue weighted by atomic mass is 32.1. The fourth-order valence-corrected chi connectivity index (χ4v) is 3.82. The van der Waals surface area contributed by atoms with Gasteiger partial charge in [0.25, 0.3) is 0 Å². The van der Waals surface area contributed by atoms with Gasteiger partial charge >= 0.3 is 6.18 Å². The standard InChI is InChI=1S/C13H18F3N3OS/c14-13(15,16)11-9-21-12(17-11)19-3-1-2-10(19)8-18-4-6-20-7-5-18/h9-10H,1-8H2/t10-/m0/s1. The molecule has 2 aliphatic rings. The van der Waals surface area contributed by atoms with Crippen molar-refractivity contribution in [2.24, 2.45) is 0 Å². The van der Waals surface area contributed by atoms with E-state index in [4.69, 9.17) is 4.74 Å². The van der Waals surface area contributed by atoms with Crippen LogP contribution in [0.3, 0.4) is 0 Å². The van der Waals surface area contributed by atoms with E-state index in [-0.39, 0.29) is 6.04 Å². The lowest BCUT2D eigenvalue weighted by atomic mass is 10.2. The summed E-state index contributed by atoms with van der Waals surface area (Å²) >= 11 is 1.09. The Bertz CT molecular complexity index is 473. The molecule has 0 amide bonds. The molecule has 0 bridgehead atoms. The first-order valence-electron chi connectivity index (χ1n) is 7.13. The van der Waals surface area contributed by atoms with Crippen LogP contribution in [0.4, 0.5) is 18.3 Å². The highest BCUT2D eigenvalue weighted by molar-refractivity contribution is 7.13. The van der Waals surface area contributed by atoms with Gasteiger partial charge < -0.3 is 9.64 Å². The van der Waals surface area contributed by atoms with Crippen LogP contribution in [0.5, 0.6) is 0 Å². The maximum Gasteiger partial charge on any atom is 0.434 e. The largest absolute Gasteiger partial charge is 0.434 e. The summed E-state index contributed by atoms with van der Waals surface area (Å²) < 4.78 is 43.3. The van der Waals surface area contributed by atoms with Gasteiger partial charge in [0.1, 0.15) is 0 Å². The smallest absolute Gasteiger partial charge is 0.379 e. The summed E-state index contributed by atoms with van der Waals surface area (Å²) in [6, 6.07) is 0.260. The van der Waals surface area contributed by atoms with Crippen molar-refractivity contribution in [2.75, 3.05) is 44.3 Å². The number of halogens is 3. The Morgan fingerprint density at radius 1 is 1.29 bits per heavy atom. The molecule has 1 aromatic rings. The zero-order chi connectivity index (χ0) is 14.9. The number of hydrogen-bond donors (Lipinski definition) is 0. The number of morpholine rings is 1. The third-order valence-electron chi connectivity index (χ3n) is 3.98. The molecule has 0 N–H and O–H groups in total. The van der Waals surface area contributed by atoms with Crippen molar-refractivity contribution in [3.63, 3.8) is 0 Å². The Balaban J connectivity index is 1.67. The molecule has 1 atom stereocenters. The molecule has 0 radical (unpaired) electrons. The van der Waals surface area contributed by atoms with Gasteiger partial charge in [-0.15, -0.1) is 11.3 Å². The second-order valence-electron chi connectivity index (χ2n) is 5.42. The zero-order valence-corrected chi connectivity index (χ0v) is 12.4. The second-order valence-corrected chi connectivity index (χ2v) is 6.25. The van der Waals surface area contributed by atoms with Crippen LogP contribution >= 0.6 is 11.3 Å². The summed E-state index contributed by atoms with van der Waals surface area (Å²) in [5.41, 5.74) is -0.778. The molecule has 0 saturated carbocycles. The highest BCUT2D eigenvalue weighted by Crippen LogP contribution is 2.35. The van der Waals surface area contributed by atoms with E-state index in [1.807, 2.05) is 4.90 Å². The van der Waals surface area contributed by atoms with Gasteiger partial charge in [0, 0.05) is 37.6 Å². The number of alkyl halides is 3. The molecular formula is C13H18F3N3OS. The third kappa shape index (κ3) is 3.49. The lowest BCUT2D eigenvalue weighted by Gasteiger charge is -2.32. The summed E-state index contributed by atoms with van der Waals surface area (Å²) in [5.74, 6) is 0. The minimum atomic E-state index is -4.35. The monoisotopic (exact) mass is 321 g/mol. The van der Waals surface area contributed by atoms with E-state index in [1.54, 1.807) is 0 Å². The minimum Gasteiger partial charge on any atom is -0.379 e. The molecule has 0 unspecified atom stereocenters. The van der Waals surface area contributed by atoms with Gasteiger partial charge in [-0.3, -0.25) is 4.90 Å². The molecule has 4 nitrogen and oxygen atoms in total. The Morgan fingerprint density at radius 2 is 2.05 bits per heavy atom. The van der Waals surface area contributed by atoms with E-state index < -0.39 is 11.9 Å². The Labute approximate surface area is 125 Å². The van der Waals surface area contributed by atoms with Crippen molar-refractivity contribution in [3.8, 4) is 0 Å². The number of thiazole rings is 1. The molecule has 0 spiro atoms. The summed E-state index contributed by atoms with van der Waals surface area (Å²) in [7, 11) is 0. The van der Waals surface area contributed by atoms with Gasteiger partial charge in [0.15, 0.2) is 10.8 Å². The van der Waals surface area contributed by atoms with Gasteiger partial charge in [-0.05, 0) is 12.8 Å². The fraction of sp³-hybridized carbons (Fsp3) is 0.769. The first-order chi connectivity index (χ1) is 10.0. The van der Waals surface area contributed by atoms with Crippen LogP contribution in [-0.4, -0.2) is 55.3 Å². The minimum absolute atomic E-state index is 0.260. The van der Waals surface area contributed by atoms with E-state index in [0.29, 0.717) is 5.13 Å². The van der Waals surface area contributed by atoms with Gasteiger partial charge in [0.05, 0.1) is 13.2 Å². The molecule has 2 aliphatic heterocycles.